The molecule has 0 amide bonds. The Morgan fingerprint density at radius 3 is 0.800 bits per heavy atom. The van der Waals surface area contributed by atoms with Crippen molar-refractivity contribution in [3.63, 3.8) is 0 Å². The van der Waals surface area contributed by atoms with Gasteiger partial charge in [0.2, 0.25) is 0 Å². The summed E-state index contributed by atoms with van der Waals surface area (Å²) in [5, 5.41) is 0. The van der Waals surface area contributed by atoms with Crippen LogP contribution >= 0.6 is 15.8 Å². The number of rotatable bonds is 30. The Morgan fingerprint density at radius 2 is 0.578 bits per heavy atom. The van der Waals surface area contributed by atoms with Crippen LogP contribution in [0.1, 0.15) is 182 Å². The molecule has 0 N–H and O–H groups in total. The van der Waals surface area contributed by atoms with E-state index in [0.717, 1.165) is 0 Å². The van der Waals surface area contributed by atoms with E-state index in [4.69, 9.17) is 0 Å². The van der Waals surface area contributed by atoms with Crippen molar-refractivity contribution >= 4 is 15.8 Å². The third-order valence-electron chi connectivity index (χ3n) is 22.0. The minimum absolute atomic E-state index is 0.352. The van der Waals surface area contributed by atoms with Gasteiger partial charge < -0.3 is 0 Å². The third kappa shape index (κ3) is 1.15. The Labute approximate surface area is 274 Å². The topological polar surface area (TPSA) is 0 Å². The number of unbranched alkanes of at least 4 members (excludes halogenated alkanes) is 20. The molecule has 0 aliphatic carbocycles. The standard InChI is InChI=1S/C37H71P2.C5H5.Co/c1-5-9-13-17-21-25-32-38(33-26-22-18-14-10-6-2)36-30-29-31-37(36)39(34-27-23-19-15-11-7-3)35-28-24-20-16-12-8-4;1-2-4-5-3-1;/h29-31H,5-28,32-35H2,1-4H3;1-5H;. The monoisotopic (exact) mass is 701 g/mol. The zero-order chi connectivity index (χ0) is 30.9. The summed E-state index contributed by atoms with van der Waals surface area (Å²) in [7, 11) is 0.704. The van der Waals surface area contributed by atoms with Gasteiger partial charge in [-0.15, -0.1) is 0 Å². The first kappa shape index (κ1) is 31.1. The average Bonchev–Trinajstić information content (AvgIpc) is 4.00. The van der Waals surface area contributed by atoms with Crippen molar-refractivity contribution in [2.24, 2.45) is 0 Å². The van der Waals surface area contributed by atoms with Crippen molar-refractivity contribution in [1.82, 2.24) is 0 Å². The summed E-state index contributed by atoms with van der Waals surface area (Å²) in [6, 6.07) is 0. The first-order chi connectivity index (χ1) is 22.0. The van der Waals surface area contributed by atoms with Crippen LogP contribution in [-0.4, -0.2) is 32.8 Å². The van der Waals surface area contributed by atoms with Gasteiger partial charge in [-0.25, -0.2) is 0 Å². The SMILES string of the molecule is CCCCCCCCP(CCCCCCCC)[C]12[CH]3[CH]4[CH]5[C]1(P(CCCCCCCC)CCCCCCCC)[Co]43521678[CH]2[CH]1[CH]6[CH]7[CH]28. The summed E-state index contributed by atoms with van der Waals surface area (Å²) in [6.45, 7) is 9.59. The van der Waals surface area contributed by atoms with E-state index in [9.17, 15) is 0 Å². The Hall–Kier alpha value is 1.37. The fourth-order valence-electron chi connectivity index (χ4n) is 22.3. The molecular formula is C42H76CoP2. The van der Waals surface area contributed by atoms with Crippen LogP contribution in [0.4, 0.5) is 0 Å². The van der Waals surface area contributed by atoms with Crippen LogP contribution in [0.25, 0.3) is 0 Å². The molecule has 0 saturated carbocycles. The van der Waals surface area contributed by atoms with Gasteiger partial charge in [-0.05, 0) is 0 Å². The molecule has 10 rings (SSSR count). The molecule has 4 unspecified atom stereocenters. The minimum atomic E-state index is -3.26. The predicted molar refractivity (Wildman–Crippen MR) is 202 cm³/mol. The van der Waals surface area contributed by atoms with Crippen LogP contribution in [0.3, 0.4) is 0 Å². The molecule has 0 nitrogen and oxygen atoms in total. The summed E-state index contributed by atoms with van der Waals surface area (Å²) in [5.74, 6) is 0. The zero-order valence-corrected chi connectivity index (χ0v) is 33.5. The first-order valence-electron chi connectivity index (χ1n) is 21.6. The Bertz CT molecular complexity index is 1310. The maximum atomic E-state index is 2.40. The van der Waals surface area contributed by atoms with Gasteiger partial charge in [0.1, 0.15) is 0 Å². The third-order valence-corrected chi connectivity index (χ3v) is 77.2. The van der Waals surface area contributed by atoms with Crippen LogP contribution in [0.2, 0.25) is 38.8 Å². The van der Waals surface area contributed by atoms with Gasteiger partial charge in [-0.1, -0.05) is 0 Å². The van der Waals surface area contributed by atoms with Gasteiger partial charge in [0.25, 0.3) is 0 Å². The van der Waals surface area contributed by atoms with Crippen molar-refractivity contribution in [3.05, 3.63) is 0 Å². The Morgan fingerprint density at radius 1 is 0.333 bits per heavy atom. The summed E-state index contributed by atoms with van der Waals surface area (Å²) in [6.07, 6.45) is 40.7. The molecule has 45 heavy (non-hydrogen) atoms. The summed E-state index contributed by atoms with van der Waals surface area (Å²) in [4.78, 5) is 12.2. The van der Waals surface area contributed by atoms with Crippen molar-refractivity contribution in [3.8, 4) is 0 Å². The van der Waals surface area contributed by atoms with Crippen molar-refractivity contribution in [1.29, 1.82) is 0 Å². The molecule has 3 heteroatoms. The second kappa shape index (κ2) is 6.59. The van der Waals surface area contributed by atoms with E-state index in [1.54, 1.807) is 102 Å². The molecule has 0 aromatic rings. The average molecular weight is 702 g/mol. The zero-order valence-electron chi connectivity index (χ0n) is 30.6. The van der Waals surface area contributed by atoms with Crippen molar-refractivity contribution < 1.29 is 6.37 Å². The van der Waals surface area contributed by atoms with Crippen LogP contribution in [0, 0.1) is 0 Å². The van der Waals surface area contributed by atoms with E-state index in [-0.39, 0.29) is 0 Å². The van der Waals surface area contributed by atoms with Crippen LogP contribution in [0.15, 0.2) is 0 Å². The van der Waals surface area contributed by atoms with E-state index in [0.29, 0.717) is 15.8 Å². The molecule has 10 heterocycles. The van der Waals surface area contributed by atoms with E-state index in [1.807, 2.05) is 0 Å². The van der Waals surface area contributed by atoms with Gasteiger partial charge in [-0.2, -0.15) is 0 Å². The van der Waals surface area contributed by atoms with Crippen LogP contribution < -0.4 is 0 Å². The second-order valence-electron chi connectivity index (χ2n) is 20.3. The van der Waals surface area contributed by atoms with E-state index >= 15 is 0 Å². The second-order valence-corrected chi connectivity index (χ2v) is 48.3. The molecule has 1 spiro atoms. The van der Waals surface area contributed by atoms with E-state index in [2.05, 4.69) is 27.7 Å². The van der Waals surface area contributed by atoms with Gasteiger partial charge >= 0.3 is 276 Å². The van der Waals surface area contributed by atoms with Crippen molar-refractivity contribution in [2.75, 3.05) is 24.6 Å². The molecular weight excluding hydrogens is 625 g/mol. The predicted octanol–water partition coefficient (Wildman–Crippen LogP) is 15.6. The molecule has 10 aliphatic heterocycles. The molecule has 0 bridgehead atoms. The number of hydrogen-bond donors (Lipinski definition) is 0. The molecule has 4 atom stereocenters. The fourth-order valence-corrected chi connectivity index (χ4v) is 125. The van der Waals surface area contributed by atoms with Gasteiger partial charge in [-0.3, -0.25) is 0 Å². The summed E-state index contributed by atoms with van der Waals surface area (Å²) >= 11 is 0. The normalized spacial score (nSPS) is 54.4. The maximum absolute atomic E-state index is 3.26. The molecule has 0 aromatic carbocycles. The molecule has 0 radical (unpaired) electrons. The van der Waals surface area contributed by atoms with Gasteiger partial charge in [0.05, 0.1) is 0 Å². The molecule has 263 valence electrons. The molecule has 0 aromatic heterocycles. The number of hydrogen-bond acceptors (Lipinski definition) is 0. The summed E-state index contributed by atoms with van der Waals surface area (Å²) < 4.78 is 2.39. The summed E-state index contributed by atoms with van der Waals surface area (Å²) in [5.41, 5.74) is 0. The van der Waals surface area contributed by atoms with Crippen LogP contribution in [-0.2, 0) is 6.37 Å². The fraction of sp³-hybridized carbons (Fsp3) is 1.00. The quantitative estimate of drug-likeness (QED) is 0.0517. The van der Waals surface area contributed by atoms with E-state index < -0.39 is 6.37 Å². The van der Waals surface area contributed by atoms with E-state index in [1.165, 1.54) is 124 Å². The molecule has 10 aliphatic rings. The number of fused-ring (bicyclic) bond motifs is 10. The molecule has 10 saturated heterocycles. The van der Waals surface area contributed by atoms with Gasteiger partial charge in [0, 0.05) is 0 Å². The Kier molecular flexibility index (Phi) is 4.56. The van der Waals surface area contributed by atoms with Crippen LogP contribution in [0.5, 0.6) is 0 Å². The van der Waals surface area contributed by atoms with Gasteiger partial charge in [0.15, 0.2) is 0 Å². The van der Waals surface area contributed by atoms with Crippen molar-refractivity contribution in [2.45, 2.75) is 229 Å². The first-order valence-corrected chi connectivity index (χ1v) is 30.8. The Balaban J connectivity index is 0.919. The molecule has 10 fully saturated rings.